The third-order valence-electron chi connectivity index (χ3n) is 3.04. The Balaban J connectivity index is 2.30. The van der Waals surface area contributed by atoms with E-state index in [1.54, 1.807) is 23.5 Å². The van der Waals surface area contributed by atoms with E-state index in [0.29, 0.717) is 6.04 Å². The Labute approximate surface area is 127 Å². The van der Waals surface area contributed by atoms with Gasteiger partial charge in [0.05, 0.1) is 17.1 Å². The molecule has 0 radical (unpaired) electrons. The molecule has 0 aliphatic rings. The van der Waals surface area contributed by atoms with Crippen molar-refractivity contribution in [2.45, 2.75) is 26.4 Å². The molecule has 0 unspecified atom stereocenters. The van der Waals surface area contributed by atoms with Crippen molar-refractivity contribution >= 4 is 34.6 Å². The molecule has 106 valence electrons. The van der Waals surface area contributed by atoms with Gasteiger partial charge in [0.25, 0.3) is 0 Å². The van der Waals surface area contributed by atoms with Gasteiger partial charge in [-0.15, -0.1) is 11.3 Å². The van der Waals surface area contributed by atoms with Gasteiger partial charge in [-0.1, -0.05) is 17.7 Å². The topological polar surface area (TPSA) is 40.5 Å². The van der Waals surface area contributed by atoms with Crippen LogP contribution in [0.1, 0.15) is 29.1 Å². The summed E-state index contributed by atoms with van der Waals surface area (Å²) in [6, 6.07) is 9.50. The number of rotatable bonds is 5. The van der Waals surface area contributed by atoms with Gasteiger partial charge in [0.2, 0.25) is 0 Å². The fourth-order valence-electron chi connectivity index (χ4n) is 2.00. The largest absolute Gasteiger partial charge is 0.478 e. The SMILES string of the molecule is CC(C)N(Cc1cccs1)c1ccc(C(=O)O)c(Cl)c1. The number of thiophene rings is 1. The summed E-state index contributed by atoms with van der Waals surface area (Å²) in [5.41, 5.74) is 1.07. The first kappa shape index (κ1) is 14.9. The molecule has 3 nitrogen and oxygen atoms in total. The van der Waals surface area contributed by atoms with E-state index in [2.05, 4.69) is 24.8 Å². The second kappa shape index (κ2) is 6.29. The fourth-order valence-corrected chi connectivity index (χ4v) is 2.96. The molecule has 1 aromatic carbocycles. The maximum Gasteiger partial charge on any atom is 0.337 e. The van der Waals surface area contributed by atoms with Crippen molar-refractivity contribution in [3.63, 3.8) is 0 Å². The van der Waals surface area contributed by atoms with E-state index < -0.39 is 5.97 Å². The first-order valence-electron chi connectivity index (χ1n) is 6.31. The van der Waals surface area contributed by atoms with Crippen molar-refractivity contribution in [3.05, 3.63) is 51.2 Å². The van der Waals surface area contributed by atoms with Crippen molar-refractivity contribution < 1.29 is 9.90 Å². The monoisotopic (exact) mass is 309 g/mol. The molecule has 2 aromatic rings. The number of hydrogen-bond acceptors (Lipinski definition) is 3. The Morgan fingerprint density at radius 3 is 2.65 bits per heavy atom. The van der Waals surface area contributed by atoms with Gasteiger partial charge in [-0.3, -0.25) is 0 Å². The zero-order chi connectivity index (χ0) is 14.7. The number of anilines is 1. The van der Waals surface area contributed by atoms with Gasteiger partial charge in [0.1, 0.15) is 0 Å². The summed E-state index contributed by atoms with van der Waals surface area (Å²) in [6.07, 6.45) is 0. The molecule has 5 heteroatoms. The fraction of sp³-hybridized carbons (Fsp3) is 0.267. The lowest BCUT2D eigenvalue weighted by Gasteiger charge is -2.29. The van der Waals surface area contributed by atoms with Gasteiger partial charge in [-0.2, -0.15) is 0 Å². The zero-order valence-corrected chi connectivity index (χ0v) is 12.9. The summed E-state index contributed by atoms with van der Waals surface area (Å²) in [5, 5.41) is 11.3. The van der Waals surface area contributed by atoms with E-state index in [4.69, 9.17) is 16.7 Å². The Kier molecular flexibility index (Phi) is 4.68. The van der Waals surface area contributed by atoms with E-state index in [1.165, 1.54) is 4.88 Å². The van der Waals surface area contributed by atoms with Crippen LogP contribution in [-0.4, -0.2) is 17.1 Å². The van der Waals surface area contributed by atoms with Gasteiger partial charge in [0, 0.05) is 16.6 Å². The van der Waals surface area contributed by atoms with Crippen molar-refractivity contribution in [2.24, 2.45) is 0 Å². The summed E-state index contributed by atoms with van der Waals surface area (Å²) in [7, 11) is 0. The lowest BCUT2D eigenvalue weighted by atomic mass is 10.1. The molecule has 1 aromatic heterocycles. The van der Waals surface area contributed by atoms with Gasteiger partial charge in [-0.25, -0.2) is 4.79 Å². The van der Waals surface area contributed by atoms with Gasteiger partial charge >= 0.3 is 5.97 Å². The molecule has 0 spiro atoms. The summed E-state index contributed by atoms with van der Waals surface area (Å²) in [4.78, 5) is 14.5. The number of carboxylic acids is 1. The molecule has 2 rings (SSSR count). The summed E-state index contributed by atoms with van der Waals surface area (Å²) in [5.74, 6) is -1.00. The molecular formula is C15H16ClNO2S. The third-order valence-corrected chi connectivity index (χ3v) is 4.22. The second-order valence-electron chi connectivity index (χ2n) is 4.77. The average molecular weight is 310 g/mol. The van der Waals surface area contributed by atoms with Crippen LogP contribution in [0.3, 0.4) is 0 Å². The molecule has 0 aliphatic carbocycles. The number of halogens is 1. The van der Waals surface area contributed by atoms with Crippen molar-refractivity contribution in [3.8, 4) is 0 Å². The van der Waals surface area contributed by atoms with Crippen LogP contribution in [0.2, 0.25) is 5.02 Å². The molecule has 0 bridgehead atoms. The Morgan fingerprint density at radius 1 is 1.40 bits per heavy atom. The van der Waals surface area contributed by atoms with Crippen LogP contribution in [0.5, 0.6) is 0 Å². The molecule has 0 amide bonds. The molecule has 20 heavy (non-hydrogen) atoms. The van der Waals surface area contributed by atoms with Crippen molar-refractivity contribution in [1.29, 1.82) is 0 Å². The quantitative estimate of drug-likeness (QED) is 0.883. The predicted molar refractivity (Wildman–Crippen MR) is 84.0 cm³/mol. The standard InChI is InChI=1S/C15H16ClNO2S/c1-10(2)17(9-12-4-3-7-20-12)11-5-6-13(15(18)19)14(16)8-11/h3-8,10H,9H2,1-2H3,(H,18,19). The molecule has 0 saturated heterocycles. The number of nitrogens with zero attached hydrogens (tertiary/aromatic N) is 1. The van der Waals surface area contributed by atoms with Crippen LogP contribution in [0, 0.1) is 0 Å². The van der Waals surface area contributed by atoms with E-state index >= 15 is 0 Å². The molecule has 1 heterocycles. The molecule has 0 saturated carbocycles. The van der Waals surface area contributed by atoms with Gasteiger partial charge in [0.15, 0.2) is 0 Å². The van der Waals surface area contributed by atoms with Crippen molar-refractivity contribution in [1.82, 2.24) is 0 Å². The first-order valence-corrected chi connectivity index (χ1v) is 7.56. The minimum atomic E-state index is -1.00. The van der Waals surface area contributed by atoms with Crippen LogP contribution in [0.15, 0.2) is 35.7 Å². The lowest BCUT2D eigenvalue weighted by Crippen LogP contribution is -2.29. The molecule has 0 fully saturated rings. The maximum atomic E-state index is 11.0. The zero-order valence-electron chi connectivity index (χ0n) is 11.3. The molecule has 0 atom stereocenters. The number of carbonyl (C=O) groups is 1. The molecule has 0 aliphatic heterocycles. The Hall–Kier alpha value is -1.52. The van der Waals surface area contributed by atoms with Crippen LogP contribution in [0.4, 0.5) is 5.69 Å². The first-order chi connectivity index (χ1) is 9.49. The van der Waals surface area contributed by atoms with E-state index in [9.17, 15) is 4.79 Å². The second-order valence-corrected chi connectivity index (χ2v) is 6.21. The van der Waals surface area contributed by atoms with Crippen LogP contribution in [0.25, 0.3) is 0 Å². The van der Waals surface area contributed by atoms with Gasteiger partial charge < -0.3 is 10.0 Å². The highest BCUT2D eigenvalue weighted by molar-refractivity contribution is 7.09. The summed E-state index contributed by atoms with van der Waals surface area (Å²) in [6.45, 7) is 5.00. The minimum absolute atomic E-state index is 0.134. The van der Waals surface area contributed by atoms with Gasteiger partial charge in [-0.05, 0) is 43.5 Å². The summed E-state index contributed by atoms with van der Waals surface area (Å²) < 4.78 is 0. The third kappa shape index (κ3) is 3.32. The smallest absolute Gasteiger partial charge is 0.337 e. The predicted octanol–water partition coefficient (Wildman–Crippen LogP) is 4.51. The van der Waals surface area contributed by atoms with E-state index in [-0.39, 0.29) is 10.6 Å². The molecule has 1 N–H and O–H groups in total. The summed E-state index contributed by atoms with van der Waals surface area (Å²) >= 11 is 7.76. The number of aromatic carboxylic acids is 1. The van der Waals surface area contributed by atoms with Crippen LogP contribution in [-0.2, 0) is 6.54 Å². The molecular weight excluding hydrogens is 294 g/mol. The van der Waals surface area contributed by atoms with E-state index in [1.807, 2.05) is 17.5 Å². The minimum Gasteiger partial charge on any atom is -0.478 e. The van der Waals surface area contributed by atoms with Crippen LogP contribution >= 0.6 is 22.9 Å². The highest BCUT2D eigenvalue weighted by Crippen LogP contribution is 2.27. The lowest BCUT2D eigenvalue weighted by molar-refractivity contribution is 0.0697. The van der Waals surface area contributed by atoms with Crippen LogP contribution < -0.4 is 4.90 Å². The van der Waals surface area contributed by atoms with Crippen molar-refractivity contribution in [2.75, 3.05) is 4.90 Å². The van der Waals surface area contributed by atoms with E-state index in [0.717, 1.165) is 12.2 Å². The number of benzene rings is 1. The Bertz CT molecular complexity index is 596. The Morgan fingerprint density at radius 2 is 2.15 bits per heavy atom. The number of carboxylic acid groups (broad SMARTS) is 1. The normalized spacial score (nSPS) is 10.8. The maximum absolute atomic E-state index is 11.0. The highest BCUT2D eigenvalue weighted by Gasteiger charge is 2.15. The highest BCUT2D eigenvalue weighted by atomic mass is 35.5. The average Bonchev–Trinajstić information content (AvgIpc) is 2.87. The number of hydrogen-bond donors (Lipinski definition) is 1.